The molecule has 0 bridgehead atoms. The van der Waals surface area contributed by atoms with Gasteiger partial charge in [-0.3, -0.25) is 4.99 Å². The lowest BCUT2D eigenvalue weighted by molar-refractivity contribution is 1.42. The zero-order valence-corrected chi connectivity index (χ0v) is 11.3. The predicted molar refractivity (Wildman–Crippen MR) is 78.1 cm³/mol. The minimum Gasteiger partial charge on any atom is -0.271 e. The summed E-state index contributed by atoms with van der Waals surface area (Å²) in [6, 6.07) is 8.11. The summed E-state index contributed by atoms with van der Waals surface area (Å²) in [7, 11) is 1.46. The quantitative estimate of drug-likeness (QED) is 0.453. The molecule has 0 fully saturated rings. The second kappa shape index (κ2) is 6.70. The Bertz CT molecular complexity index is 440. The lowest BCUT2D eigenvalue weighted by atomic mass is 10.0. The van der Waals surface area contributed by atoms with Crippen LogP contribution in [-0.4, -0.2) is 6.72 Å². The summed E-state index contributed by atoms with van der Waals surface area (Å²) >= 11 is 2.15. The molecule has 0 aliphatic carbocycles. The van der Waals surface area contributed by atoms with Gasteiger partial charge in [0.15, 0.2) is 0 Å². The molecular formula is C12H10INS. The summed E-state index contributed by atoms with van der Waals surface area (Å²) < 4.78 is 0. The first kappa shape index (κ1) is 12.3. The number of hydrogen-bond donors (Lipinski definition) is 0. The molecule has 0 atom stereocenters. The average molecular weight is 327 g/mol. The van der Waals surface area contributed by atoms with Crippen molar-refractivity contribution in [3.8, 4) is 11.2 Å². The third kappa shape index (κ3) is 3.73. The van der Waals surface area contributed by atoms with E-state index in [1.54, 1.807) is 6.20 Å². The molecule has 0 spiro atoms. The molecular weight excluding hydrogens is 317 g/mol. The summed E-state index contributed by atoms with van der Waals surface area (Å²) in [4.78, 5) is 3.78. The molecule has 1 aromatic rings. The molecule has 0 saturated carbocycles. The van der Waals surface area contributed by atoms with E-state index < -0.39 is 0 Å². The molecule has 76 valence electrons. The SMILES string of the molecule is C=N/C=C(/C#CSI)c1ccccc1C. The van der Waals surface area contributed by atoms with Crippen LogP contribution in [0.2, 0.25) is 0 Å². The van der Waals surface area contributed by atoms with E-state index in [0.29, 0.717) is 0 Å². The topological polar surface area (TPSA) is 12.4 Å². The van der Waals surface area contributed by atoms with E-state index in [2.05, 4.69) is 57.1 Å². The van der Waals surface area contributed by atoms with Crippen molar-refractivity contribution in [2.24, 2.45) is 4.99 Å². The molecule has 0 amide bonds. The summed E-state index contributed by atoms with van der Waals surface area (Å²) in [5.74, 6) is 3.06. The van der Waals surface area contributed by atoms with Crippen LogP contribution in [0, 0.1) is 18.1 Å². The van der Waals surface area contributed by atoms with Crippen LogP contribution in [0.15, 0.2) is 35.5 Å². The standard InChI is InChI=1S/C12H10INS/c1-10-5-3-4-6-12(10)11(9-14-2)7-8-15-13/h3-6,9H,2H2,1H3/b11-9-. The minimum atomic E-state index is 0.910. The highest BCUT2D eigenvalue weighted by Gasteiger charge is 2.00. The molecule has 0 N–H and O–H groups in total. The molecule has 0 aliphatic rings. The van der Waals surface area contributed by atoms with E-state index in [1.807, 2.05) is 18.2 Å². The Morgan fingerprint density at radius 2 is 2.27 bits per heavy atom. The van der Waals surface area contributed by atoms with E-state index >= 15 is 0 Å². The maximum atomic E-state index is 3.78. The van der Waals surface area contributed by atoms with Crippen LogP contribution in [0.25, 0.3) is 5.57 Å². The number of nitrogens with zero attached hydrogens (tertiary/aromatic N) is 1. The maximum absolute atomic E-state index is 3.78. The van der Waals surface area contributed by atoms with Gasteiger partial charge in [-0.15, -0.1) is 0 Å². The van der Waals surface area contributed by atoms with Gasteiger partial charge in [-0.2, -0.15) is 0 Å². The smallest absolute Gasteiger partial charge is 0.0512 e. The Hall–Kier alpha value is -0.730. The molecule has 1 rings (SSSR count). The van der Waals surface area contributed by atoms with Crippen molar-refractivity contribution in [2.75, 3.05) is 0 Å². The number of benzene rings is 1. The van der Waals surface area contributed by atoms with E-state index in [4.69, 9.17) is 0 Å². The summed E-state index contributed by atoms with van der Waals surface area (Å²) in [6.07, 6.45) is 1.70. The summed E-state index contributed by atoms with van der Waals surface area (Å²) in [5.41, 5.74) is 3.22. The molecule has 0 radical (unpaired) electrons. The minimum absolute atomic E-state index is 0.910. The zero-order chi connectivity index (χ0) is 11.1. The second-order valence-electron chi connectivity index (χ2n) is 2.84. The lowest BCUT2D eigenvalue weighted by Gasteiger charge is -2.02. The predicted octanol–water partition coefficient (Wildman–Crippen LogP) is 4.08. The first-order valence-corrected chi connectivity index (χ1v) is 7.66. The number of halogens is 1. The molecule has 0 aromatic heterocycles. The Morgan fingerprint density at radius 1 is 1.53 bits per heavy atom. The van der Waals surface area contributed by atoms with Crippen LogP contribution in [0.3, 0.4) is 0 Å². The van der Waals surface area contributed by atoms with Gasteiger partial charge in [0.05, 0.1) is 5.57 Å². The Balaban J connectivity index is 3.16. The highest BCUT2D eigenvalue weighted by molar-refractivity contribution is 14.2. The largest absolute Gasteiger partial charge is 0.271 e. The zero-order valence-electron chi connectivity index (χ0n) is 8.33. The highest BCUT2D eigenvalue weighted by Crippen LogP contribution is 2.19. The van der Waals surface area contributed by atoms with Crippen molar-refractivity contribution in [2.45, 2.75) is 6.92 Å². The molecule has 0 unspecified atom stereocenters. The summed E-state index contributed by atoms with van der Waals surface area (Å²) in [5, 5.41) is 2.96. The molecule has 1 nitrogen and oxygen atoms in total. The fourth-order valence-electron chi connectivity index (χ4n) is 1.21. The molecule has 0 heterocycles. The lowest BCUT2D eigenvalue weighted by Crippen LogP contribution is -1.85. The first-order chi connectivity index (χ1) is 7.29. The van der Waals surface area contributed by atoms with Crippen molar-refractivity contribution >= 4 is 42.4 Å². The Kier molecular flexibility index (Phi) is 5.51. The third-order valence-electron chi connectivity index (χ3n) is 1.88. The van der Waals surface area contributed by atoms with Crippen LogP contribution in [0.5, 0.6) is 0 Å². The van der Waals surface area contributed by atoms with Crippen molar-refractivity contribution in [3.63, 3.8) is 0 Å². The van der Waals surface area contributed by atoms with Gasteiger partial charge in [0.1, 0.15) is 0 Å². The Morgan fingerprint density at radius 3 is 2.87 bits per heavy atom. The third-order valence-corrected chi connectivity index (χ3v) is 2.72. The van der Waals surface area contributed by atoms with Crippen LogP contribution in [-0.2, 0) is 0 Å². The fraction of sp³-hybridized carbons (Fsp3) is 0.0833. The van der Waals surface area contributed by atoms with E-state index in [9.17, 15) is 0 Å². The van der Waals surface area contributed by atoms with Crippen LogP contribution in [0.1, 0.15) is 11.1 Å². The van der Waals surface area contributed by atoms with Gasteiger partial charge in [-0.25, -0.2) is 0 Å². The number of aliphatic imine (C=N–C) groups is 1. The highest BCUT2D eigenvalue weighted by atomic mass is 127. The van der Waals surface area contributed by atoms with Crippen LogP contribution >= 0.6 is 30.1 Å². The molecule has 1 aromatic carbocycles. The molecule has 15 heavy (non-hydrogen) atoms. The van der Waals surface area contributed by atoms with Gasteiger partial charge in [-0.1, -0.05) is 30.2 Å². The van der Waals surface area contributed by atoms with E-state index in [1.165, 1.54) is 14.5 Å². The van der Waals surface area contributed by atoms with Gasteiger partial charge in [0.25, 0.3) is 0 Å². The number of aryl methyl sites for hydroxylation is 1. The van der Waals surface area contributed by atoms with Crippen molar-refractivity contribution < 1.29 is 0 Å². The molecule has 0 aliphatic heterocycles. The first-order valence-electron chi connectivity index (χ1n) is 4.30. The van der Waals surface area contributed by atoms with E-state index in [-0.39, 0.29) is 0 Å². The van der Waals surface area contributed by atoms with E-state index in [0.717, 1.165) is 11.1 Å². The Labute approximate surface area is 107 Å². The maximum Gasteiger partial charge on any atom is 0.0512 e. The molecule has 0 saturated heterocycles. The normalized spacial score (nSPS) is 10.4. The summed E-state index contributed by atoms with van der Waals surface area (Å²) in [6.45, 7) is 5.52. The van der Waals surface area contributed by atoms with Gasteiger partial charge >= 0.3 is 0 Å². The van der Waals surface area contributed by atoms with Crippen molar-refractivity contribution in [3.05, 3.63) is 41.6 Å². The fourth-order valence-corrected chi connectivity index (χ4v) is 1.69. The molecule has 3 heteroatoms. The van der Waals surface area contributed by atoms with Gasteiger partial charge in [0.2, 0.25) is 0 Å². The number of allylic oxidation sites excluding steroid dienone is 1. The van der Waals surface area contributed by atoms with Crippen LogP contribution < -0.4 is 0 Å². The van der Waals surface area contributed by atoms with Gasteiger partial charge in [0, 0.05) is 27.4 Å². The number of rotatable bonds is 2. The average Bonchev–Trinajstić information content (AvgIpc) is 2.25. The van der Waals surface area contributed by atoms with Crippen molar-refractivity contribution in [1.82, 2.24) is 0 Å². The van der Waals surface area contributed by atoms with Crippen molar-refractivity contribution in [1.29, 1.82) is 0 Å². The van der Waals surface area contributed by atoms with Gasteiger partial charge in [-0.05, 0) is 39.0 Å². The second-order valence-corrected chi connectivity index (χ2v) is 4.52. The van der Waals surface area contributed by atoms with Gasteiger partial charge < -0.3 is 0 Å². The van der Waals surface area contributed by atoms with Crippen LogP contribution in [0.4, 0.5) is 0 Å². The monoisotopic (exact) mass is 327 g/mol. The number of hydrogen-bond acceptors (Lipinski definition) is 2.